The first-order valence-electron chi connectivity index (χ1n) is 12.7. The van der Waals surface area contributed by atoms with Gasteiger partial charge < -0.3 is 31.6 Å². The summed E-state index contributed by atoms with van der Waals surface area (Å²) in [5, 5.41) is 23.9. The van der Waals surface area contributed by atoms with Crippen LogP contribution in [0.25, 0.3) is 10.9 Å². The lowest BCUT2D eigenvalue weighted by Crippen LogP contribution is -2.56. The van der Waals surface area contributed by atoms with Gasteiger partial charge in [0, 0.05) is 29.6 Å². The van der Waals surface area contributed by atoms with Crippen LogP contribution in [0.5, 0.6) is 0 Å². The number of thiol groups is 1. The van der Waals surface area contributed by atoms with Crippen molar-refractivity contribution in [2.75, 3.05) is 0 Å². The summed E-state index contributed by atoms with van der Waals surface area (Å²) in [7, 11) is 0. The molecular weight excluding hydrogens is 520 g/mol. The zero-order valence-corrected chi connectivity index (χ0v) is 22.7. The normalized spacial score (nSPS) is 15.1. The number of carboxylic acid groups (broad SMARTS) is 2. The summed E-state index contributed by atoms with van der Waals surface area (Å²) in [6.07, 6.45) is 2.65. The Balaban J connectivity index is 1.78. The first-order valence-corrected chi connectivity index (χ1v) is 13.2. The fourth-order valence-electron chi connectivity index (χ4n) is 4.29. The van der Waals surface area contributed by atoms with Crippen LogP contribution in [0.4, 0.5) is 0 Å². The molecule has 11 heteroatoms. The Kier molecular flexibility index (Phi) is 10.1. The molecule has 1 aromatic heterocycles. The van der Waals surface area contributed by atoms with Gasteiger partial charge in [-0.05, 0) is 41.7 Å². The molecule has 0 spiro atoms. The second kappa shape index (κ2) is 13.3. The van der Waals surface area contributed by atoms with Crippen molar-refractivity contribution < 1.29 is 29.4 Å². The molecule has 0 bridgehead atoms. The Morgan fingerprint density at radius 3 is 2.26 bits per heavy atom. The van der Waals surface area contributed by atoms with Crippen molar-refractivity contribution in [3.8, 4) is 0 Å². The van der Waals surface area contributed by atoms with E-state index >= 15 is 0 Å². The minimum Gasteiger partial charge on any atom is -0.480 e. The third-order valence-electron chi connectivity index (χ3n) is 6.86. The maximum Gasteiger partial charge on any atom is 0.335 e. The molecule has 0 aliphatic rings. The van der Waals surface area contributed by atoms with Crippen molar-refractivity contribution in [1.82, 2.24) is 15.6 Å². The second-order valence-electron chi connectivity index (χ2n) is 9.65. The lowest BCUT2D eigenvalue weighted by molar-refractivity contribution is -0.143. The predicted molar refractivity (Wildman–Crippen MR) is 151 cm³/mol. The van der Waals surface area contributed by atoms with E-state index in [-0.39, 0.29) is 24.3 Å². The summed E-state index contributed by atoms with van der Waals surface area (Å²) < 4.78 is 0. The standard InChI is InChI=1S/C28H34N4O6S/c1-3-15(2)23(28(37)38)32-25(33)22(13-18-14-30-21-7-5-4-6-19(18)21)31-26(34)24(39)20(29)12-16-8-10-17(11-9-16)27(35)36/h4-11,14-15,20,22-24,30,39H,3,12-13,29H2,1-2H3,(H,31,34)(H,32,33)(H,35,36)(H,37,38)/t15-,20-,22-,23-,24-/m0/s1. The monoisotopic (exact) mass is 554 g/mol. The zero-order chi connectivity index (χ0) is 28.7. The molecule has 0 fully saturated rings. The largest absolute Gasteiger partial charge is 0.480 e. The number of rotatable bonds is 13. The Labute approximate surface area is 231 Å². The Hall–Kier alpha value is -3.83. The number of hydrogen-bond acceptors (Lipinski definition) is 6. The van der Waals surface area contributed by atoms with E-state index < -0.39 is 47.1 Å². The number of nitrogens with two attached hydrogens (primary N) is 1. The molecule has 2 amide bonds. The maximum absolute atomic E-state index is 13.3. The summed E-state index contributed by atoms with van der Waals surface area (Å²) in [5.74, 6) is -3.73. The molecule has 10 nitrogen and oxygen atoms in total. The molecule has 0 saturated carbocycles. The van der Waals surface area contributed by atoms with Gasteiger partial charge in [-0.2, -0.15) is 12.6 Å². The number of aliphatic carboxylic acids is 1. The number of aromatic amines is 1. The van der Waals surface area contributed by atoms with Crippen LogP contribution in [0.3, 0.4) is 0 Å². The summed E-state index contributed by atoms with van der Waals surface area (Å²) in [6.45, 7) is 3.57. The smallest absolute Gasteiger partial charge is 0.335 e. The number of carbonyl (C=O) groups excluding carboxylic acids is 2. The fourth-order valence-corrected chi connectivity index (χ4v) is 4.47. The van der Waals surface area contributed by atoms with Crippen LogP contribution in [0, 0.1) is 5.92 Å². The molecule has 0 unspecified atom stereocenters. The average molecular weight is 555 g/mol. The van der Waals surface area contributed by atoms with Crippen LogP contribution in [-0.2, 0) is 27.2 Å². The molecule has 3 aromatic rings. The van der Waals surface area contributed by atoms with Gasteiger partial charge in [0.25, 0.3) is 0 Å². The lowest BCUT2D eigenvalue weighted by Gasteiger charge is -2.26. The highest BCUT2D eigenvalue weighted by atomic mass is 32.1. The van der Waals surface area contributed by atoms with Gasteiger partial charge in [-0.3, -0.25) is 9.59 Å². The number of amides is 2. The summed E-state index contributed by atoms with van der Waals surface area (Å²) in [4.78, 5) is 52.6. The SMILES string of the molecule is CC[C@H](C)[C@H](NC(=O)[C@H](Cc1c[nH]c2ccccc12)NC(=O)[C@@H](S)[C@@H](N)Cc1ccc(C(=O)O)cc1)C(=O)O. The van der Waals surface area contributed by atoms with Crippen molar-refractivity contribution in [1.29, 1.82) is 0 Å². The van der Waals surface area contributed by atoms with Gasteiger partial charge in [-0.1, -0.05) is 50.6 Å². The number of nitrogens with one attached hydrogen (secondary N) is 3. The number of carbonyl (C=O) groups is 4. The average Bonchev–Trinajstić information content (AvgIpc) is 3.33. The molecule has 1 heterocycles. The summed E-state index contributed by atoms with van der Waals surface area (Å²) in [6, 6.07) is 10.7. The Morgan fingerprint density at radius 1 is 0.974 bits per heavy atom. The fraction of sp³-hybridized carbons (Fsp3) is 0.357. The highest BCUT2D eigenvalue weighted by Gasteiger charge is 2.32. The van der Waals surface area contributed by atoms with E-state index in [0.29, 0.717) is 6.42 Å². The van der Waals surface area contributed by atoms with Crippen LogP contribution >= 0.6 is 12.6 Å². The first-order chi connectivity index (χ1) is 18.5. The lowest BCUT2D eigenvalue weighted by atomic mass is 9.97. The van der Waals surface area contributed by atoms with E-state index in [2.05, 4.69) is 28.2 Å². The van der Waals surface area contributed by atoms with Crippen molar-refractivity contribution in [3.63, 3.8) is 0 Å². The van der Waals surface area contributed by atoms with Gasteiger partial charge in [0.1, 0.15) is 12.1 Å². The highest BCUT2D eigenvalue weighted by Crippen LogP contribution is 2.20. The van der Waals surface area contributed by atoms with Crippen LogP contribution in [0.15, 0.2) is 54.7 Å². The molecular formula is C28H34N4O6S. The number of para-hydroxylation sites is 1. The highest BCUT2D eigenvalue weighted by molar-refractivity contribution is 7.81. The number of aromatic carboxylic acids is 1. The minimum atomic E-state index is -1.15. The first kappa shape index (κ1) is 29.7. The molecule has 39 heavy (non-hydrogen) atoms. The van der Waals surface area contributed by atoms with E-state index in [1.54, 1.807) is 25.3 Å². The molecule has 5 atom stereocenters. The van der Waals surface area contributed by atoms with E-state index in [0.717, 1.165) is 22.0 Å². The van der Waals surface area contributed by atoms with Gasteiger partial charge in [0.05, 0.1) is 10.8 Å². The minimum absolute atomic E-state index is 0.112. The van der Waals surface area contributed by atoms with E-state index in [1.165, 1.54) is 12.1 Å². The van der Waals surface area contributed by atoms with Crippen molar-refractivity contribution in [3.05, 3.63) is 71.4 Å². The van der Waals surface area contributed by atoms with E-state index in [9.17, 15) is 24.3 Å². The Morgan fingerprint density at radius 2 is 1.64 bits per heavy atom. The second-order valence-corrected chi connectivity index (χ2v) is 10.2. The van der Waals surface area contributed by atoms with Crippen LogP contribution < -0.4 is 16.4 Å². The molecule has 0 saturated heterocycles. The van der Waals surface area contributed by atoms with Crippen molar-refractivity contribution in [2.45, 2.75) is 56.5 Å². The van der Waals surface area contributed by atoms with Gasteiger partial charge in [-0.15, -0.1) is 0 Å². The van der Waals surface area contributed by atoms with Crippen LogP contribution in [0.2, 0.25) is 0 Å². The van der Waals surface area contributed by atoms with Crippen LogP contribution in [0.1, 0.15) is 41.8 Å². The number of aromatic nitrogens is 1. The third-order valence-corrected chi connectivity index (χ3v) is 7.47. The van der Waals surface area contributed by atoms with Gasteiger partial charge >= 0.3 is 11.9 Å². The van der Waals surface area contributed by atoms with E-state index in [4.69, 9.17) is 10.8 Å². The summed E-state index contributed by atoms with van der Waals surface area (Å²) in [5.41, 5.74) is 8.76. The zero-order valence-electron chi connectivity index (χ0n) is 21.8. The van der Waals surface area contributed by atoms with Crippen molar-refractivity contribution in [2.24, 2.45) is 11.7 Å². The van der Waals surface area contributed by atoms with Gasteiger partial charge in [-0.25, -0.2) is 9.59 Å². The molecule has 2 aromatic carbocycles. The molecule has 208 valence electrons. The Bertz CT molecular complexity index is 1330. The summed E-state index contributed by atoms with van der Waals surface area (Å²) >= 11 is 4.41. The number of hydrogen-bond donors (Lipinski definition) is 7. The molecule has 0 aliphatic carbocycles. The van der Waals surface area contributed by atoms with Crippen LogP contribution in [-0.4, -0.2) is 62.3 Å². The predicted octanol–water partition coefficient (Wildman–Crippen LogP) is 2.38. The van der Waals surface area contributed by atoms with Gasteiger partial charge in [0.2, 0.25) is 11.8 Å². The maximum atomic E-state index is 13.3. The quantitative estimate of drug-likeness (QED) is 0.159. The number of benzene rings is 2. The molecule has 0 aliphatic heterocycles. The van der Waals surface area contributed by atoms with Gasteiger partial charge in [0.15, 0.2) is 0 Å². The van der Waals surface area contributed by atoms with Crippen molar-refractivity contribution >= 4 is 47.3 Å². The topological polar surface area (TPSA) is 175 Å². The molecule has 3 rings (SSSR count). The number of H-pyrrole nitrogens is 1. The molecule has 0 radical (unpaired) electrons. The number of carboxylic acids is 2. The molecule has 7 N–H and O–H groups in total. The third kappa shape index (κ3) is 7.61. The number of fused-ring (bicyclic) bond motifs is 1. The van der Waals surface area contributed by atoms with E-state index in [1.807, 2.05) is 31.2 Å².